The molecule has 0 spiro atoms. The lowest BCUT2D eigenvalue weighted by Crippen LogP contribution is -2.23. The van der Waals surface area contributed by atoms with Gasteiger partial charge in [-0.3, -0.25) is 4.79 Å². The molecule has 5 heteroatoms. The van der Waals surface area contributed by atoms with E-state index in [2.05, 4.69) is 51.4 Å². The fraction of sp³-hybridized carbons (Fsp3) is 0.667. The number of thiophene rings is 1. The minimum Gasteiger partial charge on any atom is -0.471 e. The molecular formula is C21H36BO2PS. The predicted molar refractivity (Wildman–Crippen MR) is 121 cm³/mol. The van der Waals surface area contributed by atoms with Crippen LogP contribution in [0.25, 0.3) is 6.08 Å². The topological polar surface area (TPSA) is 26.3 Å². The molecule has 0 bridgehead atoms. The molecule has 0 aromatic carbocycles. The summed E-state index contributed by atoms with van der Waals surface area (Å²) in [5.74, 6) is -0.340. The van der Waals surface area contributed by atoms with Gasteiger partial charge in [0.25, 0.3) is 5.97 Å². The van der Waals surface area contributed by atoms with Crippen LogP contribution in [-0.4, -0.2) is 38.6 Å². The minimum absolute atomic E-state index is 0.119. The van der Waals surface area contributed by atoms with Gasteiger partial charge in [0.05, 0.1) is 7.11 Å². The Kier molecular flexibility index (Phi) is 12.2. The van der Waals surface area contributed by atoms with Crippen LogP contribution in [0.3, 0.4) is 0 Å². The summed E-state index contributed by atoms with van der Waals surface area (Å²) in [4.78, 5) is 13.7. The molecule has 1 rings (SSSR count). The standard InChI is InChI=1S/C21H36BO2PS/c1-5-8-15-25(16-9-6-2,17-10-7-3)22-20(21(23)24-4)14-13-19-12-11-18-26-19/h11-14,18,20H,5-10,15-17H2,1-4H3/b14-13+. The molecule has 0 fully saturated rings. The van der Waals surface area contributed by atoms with Gasteiger partial charge in [0, 0.05) is 23.4 Å². The van der Waals surface area contributed by atoms with E-state index in [0.717, 1.165) is 0 Å². The maximum Gasteiger partial charge on any atom is 0.274 e. The zero-order valence-corrected chi connectivity index (χ0v) is 18.8. The number of carbonyl (C=O) groups excluding carboxylic acids is 1. The molecule has 26 heavy (non-hydrogen) atoms. The minimum atomic E-state index is -1.25. The van der Waals surface area contributed by atoms with Gasteiger partial charge in [0.2, 0.25) is 0 Å². The van der Waals surface area contributed by atoms with Gasteiger partial charge >= 0.3 is 0 Å². The highest BCUT2D eigenvalue weighted by Crippen LogP contribution is 2.61. The lowest BCUT2D eigenvalue weighted by molar-refractivity contribution is -0.139. The van der Waals surface area contributed by atoms with Crippen LogP contribution in [0.4, 0.5) is 0 Å². The highest BCUT2D eigenvalue weighted by Gasteiger charge is 2.28. The maximum atomic E-state index is 12.5. The summed E-state index contributed by atoms with van der Waals surface area (Å²) in [6.45, 7) is 9.23. The Balaban J connectivity index is 3.02. The van der Waals surface area contributed by atoms with E-state index in [9.17, 15) is 4.79 Å². The summed E-state index contributed by atoms with van der Waals surface area (Å²) in [5.41, 5.74) is 0. The fourth-order valence-corrected chi connectivity index (χ4v) is 8.72. The van der Waals surface area contributed by atoms with Gasteiger partial charge in [-0.05, 0) is 30.7 Å². The lowest BCUT2D eigenvalue weighted by atomic mass is 9.85. The van der Waals surface area contributed by atoms with Crippen molar-refractivity contribution in [3.8, 4) is 0 Å². The Labute approximate surface area is 166 Å². The Hall–Kier alpha value is -0.595. The first-order chi connectivity index (χ1) is 12.6. The first-order valence-corrected chi connectivity index (χ1v) is 13.4. The molecule has 0 amide bonds. The summed E-state index contributed by atoms with van der Waals surface area (Å²) in [5, 5.41) is 2.07. The van der Waals surface area contributed by atoms with E-state index in [4.69, 9.17) is 4.74 Å². The van der Waals surface area contributed by atoms with E-state index in [1.807, 2.05) is 6.07 Å². The van der Waals surface area contributed by atoms with Gasteiger partial charge in [0.15, 0.2) is 0 Å². The van der Waals surface area contributed by atoms with Crippen LogP contribution in [0.1, 0.15) is 64.2 Å². The molecule has 1 atom stereocenters. The Morgan fingerprint density at radius 1 is 1.15 bits per heavy atom. The highest BCUT2D eigenvalue weighted by atomic mass is 32.1. The van der Waals surface area contributed by atoms with Gasteiger partial charge in [-0.2, -0.15) is 0 Å². The molecule has 0 saturated heterocycles. The van der Waals surface area contributed by atoms with Gasteiger partial charge in [0.1, 0.15) is 0 Å². The average molecular weight is 394 g/mol. The quantitative estimate of drug-likeness (QED) is 0.198. The van der Waals surface area contributed by atoms with E-state index in [-0.39, 0.29) is 11.8 Å². The Morgan fingerprint density at radius 2 is 1.73 bits per heavy atom. The highest BCUT2D eigenvalue weighted by molar-refractivity contribution is 8.00. The van der Waals surface area contributed by atoms with Crippen molar-refractivity contribution in [3.63, 3.8) is 0 Å². The number of methoxy groups -OCH3 is 1. The largest absolute Gasteiger partial charge is 0.471 e. The maximum absolute atomic E-state index is 12.5. The second-order valence-corrected chi connectivity index (χ2v) is 12.1. The number of unbranched alkanes of at least 4 members (excludes halogenated alkanes) is 3. The van der Waals surface area contributed by atoms with Crippen LogP contribution in [0, 0.1) is 0 Å². The first kappa shape index (κ1) is 23.4. The predicted octanol–water partition coefficient (Wildman–Crippen LogP) is 6.76. The second-order valence-electron chi connectivity index (χ2n) is 7.02. The zero-order valence-electron chi connectivity index (χ0n) is 17.1. The third-order valence-corrected chi connectivity index (χ3v) is 10.2. The van der Waals surface area contributed by atoms with E-state index in [1.165, 1.54) is 69.0 Å². The monoisotopic (exact) mass is 394 g/mol. The summed E-state index contributed by atoms with van der Waals surface area (Å²) < 4.78 is 5.14. The van der Waals surface area contributed by atoms with Gasteiger partial charge in [-0.25, -0.2) is 7.14 Å². The summed E-state index contributed by atoms with van der Waals surface area (Å²) in [6, 6.07) is 4.13. The number of hydrogen-bond acceptors (Lipinski definition) is 3. The molecule has 2 nitrogen and oxygen atoms in total. The third-order valence-electron chi connectivity index (χ3n) is 4.83. The Morgan fingerprint density at radius 3 is 2.15 bits per heavy atom. The number of hydrogen-bond donors (Lipinski definition) is 0. The SMILES string of the molecule is CCCC[P+]([B-]C(/C=C/c1cccs1)C(=O)OC)(CCCC)CCCC. The van der Waals surface area contributed by atoms with Gasteiger partial charge < -0.3 is 4.74 Å². The molecule has 1 unspecified atom stereocenters. The van der Waals surface area contributed by atoms with E-state index < -0.39 is 7.14 Å². The molecule has 2 radical (unpaired) electrons. The van der Waals surface area contributed by atoms with Crippen molar-refractivity contribution in [3.05, 3.63) is 28.5 Å². The van der Waals surface area contributed by atoms with Crippen molar-refractivity contribution in [1.29, 1.82) is 0 Å². The molecule has 1 heterocycles. The van der Waals surface area contributed by atoms with Crippen LogP contribution >= 0.6 is 18.5 Å². The van der Waals surface area contributed by atoms with Gasteiger partial charge in [-0.1, -0.05) is 65.0 Å². The van der Waals surface area contributed by atoms with E-state index in [0.29, 0.717) is 0 Å². The fourth-order valence-electron chi connectivity index (χ4n) is 3.23. The van der Waals surface area contributed by atoms with Crippen molar-refractivity contribution < 1.29 is 9.53 Å². The van der Waals surface area contributed by atoms with Crippen molar-refractivity contribution in [2.45, 2.75) is 65.1 Å². The third kappa shape index (κ3) is 8.40. The molecule has 0 aliphatic rings. The van der Waals surface area contributed by atoms with Crippen molar-refractivity contribution >= 4 is 37.5 Å². The number of carbonyl (C=O) groups is 1. The van der Waals surface area contributed by atoms with Crippen molar-refractivity contribution in [1.82, 2.24) is 0 Å². The average Bonchev–Trinajstić information content (AvgIpc) is 3.18. The van der Waals surface area contributed by atoms with Crippen LogP contribution < -0.4 is 0 Å². The second kappa shape index (κ2) is 13.6. The van der Waals surface area contributed by atoms with E-state index in [1.54, 1.807) is 11.3 Å². The number of esters is 1. The molecule has 1 aromatic rings. The lowest BCUT2D eigenvalue weighted by Gasteiger charge is -2.42. The van der Waals surface area contributed by atoms with E-state index >= 15 is 0 Å². The van der Waals surface area contributed by atoms with Crippen LogP contribution in [0.5, 0.6) is 0 Å². The van der Waals surface area contributed by atoms with Crippen molar-refractivity contribution in [2.24, 2.45) is 0 Å². The van der Waals surface area contributed by atoms with Gasteiger partial charge in [-0.15, -0.1) is 17.4 Å². The smallest absolute Gasteiger partial charge is 0.274 e. The molecule has 0 aliphatic carbocycles. The van der Waals surface area contributed by atoms with Crippen LogP contribution in [0.15, 0.2) is 23.6 Å². The molecule has 146 valence electrons. The molecular weight excluding hydrogens is 358 g/mol. The summed E-state index contributed by atoms with van der Waals surface area (Å²) in [6.07, 6.45) is 15.4. The number of rotatable bonds is 14. The molecule has 0 saturated carbocycles. The van der Waals surface area contributed by atoms with Crippen LogP contribution in [0.2, 0.25) is 5.82 Å². The first-order valence-electron chi connectivity index (χ1n) is 10.1. The zero-order chi connectivity index (χ0) is 19.3. The molecule has 0 aliphatic heterocycles. The molecule has 1 aromatic heterocycles. The number of ether oxygens (including phenoxy) is 1. The summed E-state index contributed by atoms with van der Waals surface area (Å²) in [7, 11) is 0.257. The normalized spacial score (nSPS) is 13.2. The Bertz CT molecular complexity index is 494. The van der Waals surface area contributed by atoms with Crippen molar-refractivity contribution in [2.75, 3.05) is 25.6 Å². The molecule has 0 N–H and O–H groups in total. The summed E-state index contributed by atoms with van der Waals surface area (Å²) >= 11 is 1.70. The van der Waals surface area contributed by atoms with Crippen LogP contribution in [-0.2, 0) is 9.53 Å².